The molecule has 0 aromatic heterocycles. The summed E-state index contributed by atoms with van der Waals surface area (Å²) in [6, 6.07) is 7.61. The lowest BCUT2D eigenvalue weighted by Gasteiger charge is -2.19. The molecule has 0 atom stereocenters. The number of hydrogen-bond acceptors (Lipinski definition) is 4. The van der Waals surface area contributed by atoms with Crippen molar-refractivity contribution in [3.05, 3.63) is 29.8 Å². The second-order valence-corrected chi connectivity index (χ2v) is 6.86. The Morgan fingerprint density at radius 2 is 1.68 bits per heavy atom. The molecule has 6 heteroatoms. The number of carbonyl (C=O) groups excluding carboxylic acids is 2. The van der Waals surface area contributed by atoms with E-state index in [0.717, 1.165) is 30.6 Å². The van der Waals surface area contributed by atoms with Crippen LogP contribution < -0.4 is 15.4 Å². The van der Waals surface area contributed by atoms with Crippen LogP contribution in [0.5, 0.6) is 5.75 Å². The summed E-state index contributed by atoms with van der Waals surface area (Å²) in [6.45, 7) is 6.57. The number of ether oxygens (including phenoxy) is 2. The van der Waals surface area contributed by atoms with Gasteiger partial charge >= 0.3 is 6.09 Å². The first-order chi connectivity index (χ1) is 11.8. The molecule has 0 saturated heterocycles. The van der Waals surface area contributed by atoms with Gasteiger partial charge in [0.2, 0.25) is 5.91 Å². The van der Waals surface area contributed by atoms with E-state index in [-0.39, 0.29) is 5.91 Å². The van der Waals surface area contributed by atoms with Crippen molar-refractivity contribution in [1.82, 2.24) is 10.6 Å². The average Bonchev–Trinajstić information content (AvgIpc) is 2.55. The van der Waals surface area contributed by atoms with Gasteiger partial charge in [0.1, 0.15) is 11.4 Å². The first-order valence-electron chi connectivity index (χ1n) is 8.66. The Morgan fingerprint density at radius 3 is 2.28 bits per heavy atom. The third-order valence-corrected chi connectivity index (χ3v) is 3.40. The molecule has 0 spiro atoms. The van der Waals surface area contributed by atoms with Crippen LogP contribution in [0.4, 0.5) is 4.79 Å². The van der Waals surface area contributed by atoms with E-state index in [1.807, 2.05) is 45.0 Å². The topological polar surface area (TPSA) is 76.7 Å². The van der Waals surface area contributed by atoms with Gasteiger partial charge in [0, 0.05) is 19.5 Å². The molecule has 0 heterocycles. The van der Waals surface area contributed by atoms with Crippen molar-refractivity contribution in [2.24, 2.45) is 0 Å². The van der Waals surface area contributed by atoms with Gasteiger partial charge in [-0.1, -0.05) is 18.6 Å². The van der Waals surface area contributed by atoms with Crippen molar-refractivity contribution in [2.45, 2.75) is 58.6 Å². The quantitative estimate of drug-likeness (QED) is 0.669. The van der Waals surface area contributed by atoms with Gasteiger partial charge in [-0.3, -0.25) is 4.79 Å². The van der Waals surface area contributed by atoms with Crippen LogP contribution in [0, 0.1) is 0 Å². The highest BCUT2D eigenvalue weighted by Crippen LogP contribution is 2.11. The predicted octanol–water partition coefficient (Wildman–Crippen LogP) is 3.40. The molecule has 1 aromatic carbocycles. The molecule has 0 aliphatic carbocycles. The molecule has 0 bridgehead atoms. The molecule has 2 amide bonds. The van der Waals surface area contributed by atoms with Crippen molar-refractivity contribution in [3.63, 3.8) is 0 Å². The number of methoxy groups -OCH3 is 1. The summed E-state index contributed by atoms with van der Waals surface area (Å²) in [6.07, 6.45) is 2.59. The number of carbonyl (C=O) groups is 2. The van der Waals surface area contributed by atoms with Crippen LogP contribution in [0.2, 0.25) is 0 Å². The zero-order valence-electron chi connectivity index (χ0n) is 15.7. The largest absolute Gasteiger partial charge is 0.497 e. The van der Waals surface area contributed by atoms with Gasteiger partial charge in [-0.05, 0) is 51.3 Å². The van der Waals surface area contributed by atoms with Crippen molar-refractivity contribution in [2.75, 3.05) is 13.7 Å². The Morgan fingerprint density at radius 1 is 1.00 bits per heavy atom. The molecular formula is C19H30N2O4. The maximum absolute atomic E-state index is 11.8. The lowest BCUT2D eigenvalue weighted by molar-refractivity contribution is -0.121. The normalized spacial score (nSPS) is 10.9. The smallest absolute Gasteiger partial charge is 0.407 e. The maximum Gasteiger partial charge on any atom is 0.407 e. The van der Waals surface area contributed by atoms with Crippen LogP contribution in [0.1, 0.15) is 52.0 Å². The number of rotatable bonds is 9. The number of benzene rings is 1. The van der Waals surface area contributed by atoms with Crippen LogP contribution >= 0.6 is 0 Å². The highest BCUT2D eigenvalue weighted by atomic mass is 16.6. The molecule has 2 N–H and O–H groups in total. The van der Waals surface area contributed by atoms with Gasteiger partial charge < -0.3 is 20.1 Å². The van der Waals surface area contributed by atoms with Crippen LogP contribution in [0.25, 0.3) is 0 Å². The zero-order chi connectivity index (χ0) is 18.7. The summed E-state index contributed by atoms with van der Waals surface area (Å²) in [7, 11) is 1.62. The maximum atomic E-state index is 11.8. The van der Waals surface area contributed by atoms with Crippen molar-refractivity contribution >= 4 is 12.0 Å². The first kappa shape index (κ1) is 20.8. The summed E-state index contributed by atoms with van der Waals surface area (Å²) in [5.74, 6) is 0.839. The summed E-state index contributed by atoms with van der Waals surface area (Å²) in [5.41, 5.74) is 0.558. The highest BCUT2D eigenvalue weighted by molar-refractivity contribution is 5.75. The molecule has 1 aromatic rings. The molecule has 1 rings (SSSR count). The Kier molecular flexibility index (Phi) is 8.81. The Labute approximate surface area is 150 Å². The number of amides is 2. The monoisotopic (exact) mass is 350 g/mol. The van der Waals surface area contributed by atoms with Crippen LogP contribution in [-0.2, 0) is 16.1 Å². The highest BCUT2D eigenvalue weighted by Gasteiger charge is 2.15. The molecule has 0 aliphatic heterocycles. The van der Waals surface area contributed by atoms with E-state index in [1.54, 1.807) is 7.11 Å². The minimum absolute atomic E-state index is 0.0379. The SMILES string of the molecule is COc1ccc(CNC(=O)CCCCCNC(=O)OC(C)(C)C)cc1. The van der Waals surface area contributed by atoms with Crippen molar-refractivity contribution in [3.8, 4) is 5.75 Å². The molecule has 0 fully saturated rings. The van der Waals surface area contributed by atoms with Gasteiger partial charge in [-0.2, -0.15) is 0 Å². The Balaban J connectivity index is 2.06. The fourth-order valence-corrected chi connectivity index (χ4v) is 2.12. The fourth-order valence-electron chi connectivity index (χ4n) is 2.12. The molecule has 0 aliphatic rings. The van der Waals surface area contributed by atoms with Gasteiger partial charge in [0.05, 0.1) is 7.11 Å². The summed E-state index contributed by atoms with van der Waals surface area (Å²) in [4.78, 5) is 23.3. The van der Waals surface area contributed by atoms with E-state index in [9.17, 15) is 9.59 Å². The van der Waals surface area contributed by atoms with Crippen LogP contribution in [0.3, 0.4) is 0 Å². The molecule has 0 unspecified atom stereocenters. The van der Waals surface area contributed by atoms with Gasteiger partial charge in [0.25, 0.3) is 0 Å². The molecule has 25 heavy (non-hydrogen) atoms. The summed E-state index contributed by atoms with van der Waals surface area (Å²) < 4.78 is 10.2. The molecule has 6 nitrogen and oxygen atoms in total. The number of hydrogen-bond donors (Lipinski definition) is 2. The minimum atomic E-state index is -0.480. The number of nitrogens with one attached hydrogen (secondary N) is 2. The lowest BCUT2D eigenvalue weighted by Crippen LogP contribution is -2.33. The second-order valence-electron chi connectivity index (χ2n) is 6.86. The summed E-state index contributed by atoms with van der Waals surface area (Å²) in [5, 5.41) is 5.61. The number of alkyl carbamates (subject to hydrolysis) is 1. The zero-order valence-corrected chi connectivity index (χ0v) is 15.7. The molecular weight excluding hydrogens is 320 g/mol. The van der Waals surface area contributed by atoms with E-state index in [0.29, 0.717) is 19.5 Å². The lowest BCUT2D eigenvalue weighted by atomic mass is 10.1. The predicted molar refractivity (Wildman–Crippen MR) is 97.5 cm³/mol. The van der Waals surface area contributed by atoms with E-state index in [2.05, 4.69) is 10.6 Å². The molecule has 140 valence electrons. The second kappa shape index (κ2) is 10.6. The third kappa shape index (κ3) is 10.3. The Bertz CT molecular complexity index is 535. The average molecular weight is 350 g/mol. The van der Waals surface area contributed by atoms with Crippen LogP contribution in [0.15, 0.2) is 24.3 Å². The van der Waals surface area contributed by atoms with Crippen molar-refractivity contribution in [1.29, 1.82) is 0 Å². The van der Waals surface area contributed by atoms with E-state index in [4.69, 9.17) is 9.47 Å². The number of unbranched alkanes of at least 4 members (excludes halogenated alkanes) is 2. The van der Waals surface area contributed by atoms with E-state index >= 15 is 0 Å². The first-order valence-corrected chi connectivity index (χ1v) is 8.66. The standard InChI is InChI=1S/C19H30N2O4/c1-19(2,3)25-18(23)20-13-7-5-6-8-17(22)21-14-15-9-11-16(24-4)12-10-15/h9-12H,5-8,13-14H2,1-4H3,(H,20,23)(H,21,22). The van der Waals surface area contributed by atoms with Gasteiger partial charge in [-0.15, -0.1) is 0 Å². The Hall–Kier alpha value is -2.24. The van der Waals surface area contributed by atoms with E-state index < -0.39 is 11.7 Å². The third-order valence-electron chi connectivity index (χ3n) is 3.40. The molecule has 0 saturated carbocycles. The van der Waals surface area contributed by atoms with Gasteiger partial charge in [0.15, 0.2) is 0 Å². The fraction of sp³-hybridized carbons (Fsp3) is 0.579. The van der Waals surface area contributed by atoms with Gasteiger partial charge in [-0.25, -0.2) is 4.79 Å². The molecule has 0 radical (unpaired) electrons. The summed E-state index contributed by atoms with van der Waals surface area (Å²) >= 11 is 0. The van der Waals surface area contributed by atoms with Crippen LogP contribution in [-0.4, -0.2) is 31.3 Å². The van der Waals surface area contributed by atoms with E-state index in [1.165, 1.54) is 0 Å². The minimum Gasteiger partial charge on any atom is -0.497 e. The van der Waals surface area contributed by atoms with Crippen molar-refractivity contribution < 1.29 is 19.1 Å².